The Kier molecular flexibility index (Phi) is 2.32. The van der Waals surface area contributed by atoms with Gasteiger partial charge >= 0.3 is 0 Å². The minimum atomic E-state index is 0.637. The molecule has 2 aromatic rings. The molecular weight excluding hydrogens is 266 g/mol. The Labute approximate surface area is 103 Å². The number of halogens is 1. The second-order valence-electron chi connectivity index (χ2n) is 4.20. The maximum Gasteiger partial charge on any atom is 0.181 e. The molecule has 1 aromatic heterocycles. The Morgan fingerprint density at radius 3 is 2.88 bits per heavy atom. The molecule has 3 nitrogen and oxygen atoms in total. The summed E-state index contributed by atoms with van der Waals surface area (Å²) in [5, 5.41) is 4.47. The highest BCUT2D eigenvalue weighted by Gasteiger charge is 2.28. The third-order valence-electron chi connectivity index (χ3n) is 2.82. The average Bonchev–Trinajstić information content (AvgIpc) is 3.02. The summed E-state index contributed by atoms with van der Waals surface area (Å²) in [6.45, 7) is 0. The molecular formula is C12H12BrN3. The lowest BCUT2D eigenvalue weighted by Crippen LogP contribution is -1.96. The van der Waals surface area contributed by atoms with Crippen LogP contribution in [-0.2, 0) is 7.05 Å². The molecule has 16 heavy (non-hydrogen) atoms. The molecule has 1 saturated carbocycles. The van der Waals surface area contributed by atoms with Crippen molar-refractivity contribution in [2.45, 2.75) is 18.8 Å². The van der Waals surface area contributed by atoms with Gasteiger partial charge in [-0.25, -0.2) is 4.98 Å². The standard InChI is InChI=1S/C12H12BrN3/c1-16-12(8-5-6-8)14-11(15-16)9-3-2-4-10(13)7-9/h2-4,7-8H,5-6H2,1H3. The maximum atomic E-state index is 4.61. The lowest BCUT2D eigenvalue weighted by molar-refractivity contribution is 0.705. The molecule has 1 aromatic carbocycles. The Hall–Kier alpha value is -1.16. The lowest BCUT2D eigenvalue weighted by Gasteiger charge is -1.94. The largest absolute Gasteiger partial charge is 0.252 e. The van der Waals surface area contributed by atoms with Crippen molar-refractivity contribution >= 4 is 15.9 Å². The molecule has 1 aliphatic carbocycles. The van der Waals surface area contributed by atoms with Crippen LogP contribution in [0.15, 0.2) is 28.7 Å². The summed E-state index contributed by atoms with van der Waals surface area (Å²) in [4.78, 5) is 4.61. The van der Waals surface area contributed by atoms with Crippen LogP contribution in [0, 0.1) is 0 Å². The smallest absolute Gasteiger partial charge is 0.181 e. The second-order valence-corrected chi connectivity index (χ2v) is 5.12. The van der Waals surface area contributed by atoms with E-state index in [1.165, 1.54) is 12.8 Å². The third kappa shape index (κ3) is 1.78. The fourth-order valence-electron chi connectivity index (χ4n) is 1.84. The van der Waals surface area contributed by atoms with Crippen molar-refractivity contribution in [1.29, 1.82) is 0 Å². The Morgan fingerprint density at radius 2 is 2.19 bits per heavy atom. The van der Waals surface area contributed by atoms with Gasteiger partial charge in [-0.1, -0.05) is 28.1 Å². The average molecular weight is 278 g/mol. The zero-order chi connectivity index (χ0) is 11.1. The highest BCUT2D eigenvalue weighted by Crippen LogP contribution is 2.39. The first-order valence-corrected chi connectivity index (χ1v) is 6.20. The first-order chi connectivity index (χ1) is 7.74. The van der Waals surface area contributed by atoms with Crippen molar-refractivity contribution in [2.75, 3.05) is 0 Å². The summed E-state index contributed by atoms with van der Waals surface area (Å²) in [6.07, 6.45) is 2.51. The van der Waals surface area contributed by atoms with Gasteiger partial charge in [-0.2, -0.15) is 5.10 Å². The predicted molar refractivity (Wildman–Crippen MR) is 66.1 cm³/mol. The summed E-state index contributed by atoms with van der Waals surface area (Å²) in [6, 6.07) is 8.10. The van der Waals surface area contributed by atoms with E-state index in [4.69, 9.17) is 0 Å². The van der Waals surface area contributed by atoms with Crippen LogP contribution in [0.25, 0.3) is 11.4 Å². The zero-order valence-electron chi connectivity index (χ0n) is 9.02. The monoisotopic (exact) mass is 277 g/mol. The predicted octanol–water partition coefficient (Wildman–Crippen LogP) is 3.12. The number of hydrogen-bond donors (Lipinski definition) is 0. The molecule has 0 amide bonds. The lowest BCUT2D eigenvalue weighted by atomic mass is 10.2. The van der Waals surface area contributed by atoms with E-state index in [-0.39, 0.29) is 0 Å². The summed E-state index contributed by atoms with van der Waals surface area (Å²) in [5.74, 6) is 2.58. The van der Waals surface area contributed by atoms with Crippen LogP contribution in [0.4, 0.5) is 0 Å². The zero-order valence-corrected chi connectivity index (χ0v) is 10.6. The molecule has 0 N–H and O–H groups in total. The van der Waals surface area contributed by atoms with Crippen LogP contribution in [0.1, 0.15) is 24.6 Å². The minimum Gasteiger partial charge on any atom is -0.252 e. The van der Waals surface area contributed by atoms with Crippen molar-refractivity contribution in [3.8, 4) is 11.4 Å². The van der Waals surface area contributed by atoms with Crippen LogP contribution in [0.2, 0.25) is 0 Å². The van der Waals surface area contributed by atoms with Crippen molar-refractivity contribution in [3.05, 3.63) is 34.6 Å². The van der Waals surface area contributed by atoms with E-state index >= 15 is 0 Å². The van der Waals surface area contributed by atoms with E-state index in [9.17, 15) is 0 Å². The molecule has 0 saturated heterocycles. The van der Waals surface area contributed by atoms with Crippen LogP contribution >= 0.6 is 15.9 Å². The van der Waals surface area contributed by atoms with Gasteiger partial charge in [-0.15, -0.1) is 0 Å². The van der Waals surface area contributed by atoms with Gasteiger partial charge in [-0.05, 0) is 25.0 Å². The van der Waals surface area contributed by atoms with Crippen LogP contribution in [-0.4, -0.2) is 14.8 Å². The van der Waals surface area contributed by atoms with Gasteiger partial charge in [0.25, 0.3) is 0 Å². The van der Waals surface area contributed by atoms with Crippen LogP contribution in [0.5, 0.6) is 0 Å². The minimum absolute atomic E-state index is 0.637. The number of aromatic nitrogens is 3. The Morgan fingerprint density at radius 1 is 1.38 bits per heavy atom. The molecule has 82 valence electrons. The van der Waals surface area contributed by atoms with Gasteiger partial charge in [0.2, 0.25) is 0 Å². The highest BCUT2D eigenvalue weighted by molar-refractivity contribution is 9.10. The van der Waals surface area contributed by atoms with E-state index in [2.05, 4.69) is 26.0 Å². The summed E-state index contributed by atoms with van der Waals surface area (Å²) >= 11 is 3.46. The molecule has 3 rings (SSSR count). The van der Waals surface area contributed by atoms with Crippen molar-refractivity contribution in [1.82, 2.24) is 14.8 Å². The van der Waals surface area contributed by atoms with Gasteiger partial charge < -0.3 is 0 Å². The maximum absolute atomic E-state index is 4.61. The molecule has 0 bridgehead atoms. The first-order valence-electron chi connectivity index (χ1n) is 5.41. The van der Waals surface area contributed by atoms with Crippen molar-refractivity contribution in [2.24, 2.45) is 7.05 Å². The van der Waals surface area contributed by atoms with Gasteiger partial charge in [0, 0.05) is 23.0 Å². The Balaban J connectivity index is 2.03. The molecule has 0 aliphatic heterocycles. The second kappa shape index (κ2) is 3.70. The highest BCUT2D eigenvalue weighted by atomic mass is 79.9. The number of rotatable bonds is 2. The van der Waals surface area contributed by atoms with Gasteiger partial charge in [0.1, 0.15) is 5.82 Å². The van der Waals surface area contributed by atoms with Crippen molar-refractivity contribution in [3.63, 3.8) is 0 Å². The SMILES string of the molecule is Cn1nc(-c2cccc(Br)c2)nc1C1CC1. The number of nitrogens with zero attached hydrogens (tertiary/aromatic N) is 3. The quantitative estimate of drug-likeness (QED) is 0.845. The normalized spacial score (nSPS) is 15.4. The van der Waals surface area contributed by atoms with E-state index in [1.807, 2.05) is 36.0 Å². The summed E-state index contributed by atoms with van der Waals surface area (Å²) in [5.41, 5.74) is 1.07. The summed E-state index contributed by atoms with van der Waals surface area (Å²) in [7, 11) is 1.97. The fraction of sp³-hybridized carbons (Fsp3) is 0.333. The van der Waals surface area contributed by atoms with Gasteiger partial charge in [-0.3, -0.25) is 4.68 Å². The Bertz CT molecular complexity index is 529. The molecule has 0 atom stereocenters. The number of aryl methyl sites for hydroxylation is 1. The van der Waals surface area contributed by atoms with Crippen LogP contribution in [0.3, 0.4) is 0 Å². The van der Waals surface area contributed by atoms with Crippen LogP contribution < -0.4 is 0 Å². The molecule has 1 aliphatic rings. The molecule has 0 radical (unpaired) electrons. The van der Waals surface area contributed by atoms with E-state index in [0.29, 0.717) is 5.92 Å². The van der Waals surface area contributed by atoms with E-state index < -0.39 is 0 Å². The van der Waals surface area contributed by atoms with Crippen molar-refractivity contribution < 1.29 is 0 Å². The number of hydrogen-bond acceptors (Lipinski definition) is 2. The van der Waals surface area contributed by atoms with Gasteiger partial charge in [0.05, 0.1) is 0 Å². The molecule has 4 heteroatoms. The van der Waals surface area contributed by atoms with Gasteiger partial charge in [0.15, 0.2) is 5.82 Å². The molecule has 1 heterocycles. The van der Waals surface area contributed by atoms with E-state index in [0.717, 1.165) is 21.7 Å². The first kappa shape index (κ1) is 10.0. The summed E-state index contributed by atoms with van der Waals surface area (Å²) < 4.78 is 2.97. The third-order valence-corrected chi connectivity index (χ3v) is 3.32. The molecule has 1 fully saturated rings. The fourth-order valence-corrected chi connectivity index (χ4v) is 2.24. The van der Waals surface area contributed by atoms with E-state index in [1.54, 1.807) is 0 Å². The topological polar surface area (TPSA) is 30.7 Å². The molecule has 0 unspecified atom stereocenters. The molecule has 0 spiro atoms. The number of benzene rings is 1.